The molecule has 52 valence electrons. The lowest BCUT2D eigenvalue weighted by atomic mass is 10.5. The van der Waals surface area contributed by atoms with Gasteiger partial charge in [0, 0.05) is 11.6 Å². The van der Waals surface area contributed by atoms with Crippen LogP contribution in [-0.4, -0.2) is 14.5 Å². The van der Waals surface area contributed by atoms with E-state index in [1.165, 1.54) is 0 Å². The van der Waals surface area contributed by atoms with Crippen molar-refractivity contribution in [3.63, 3.8) is 0 Å². The molecule has 2 aromatic rings. The fraction of sp³-hybridized carbons (Fsp3) is 0.167. The number of aliphatic hydroxyl groups is 1. The molecular weight excluding hydrogens is 148 g/mol. The van der Waals surface area contributed by atoms with Gasteiger partial charge in [-0.25, -0.2) is 4.98 Å². The van der Waals surface area contributed by atoms with Gasteiger partial charge in [-0.2, -0.15) is 0 Å². The summed E-state index contributed by atoms with van der Waals surface area (Å²) in [5, 5.41) is 10.7. The van der Waals surface area contributed by atoms with Gasteiger partial charge < -0.3 is 5.11 Å². The van der Waals surface area contributed by atoms with Crippen molar-refractivity contribution < 1.29 is 5.11 Å². The van der Waals surface area contributed by atoms with Crippen molar-refractivity contribution in [2.45, 2.75) is 6.61 Å². The molecular formula is C6H6N2OS. The molecule has 2 aromatic heterocycles. The molecule has 0 aliphatic carbocycles. The van der Waals surface area contributed by atoms with Gasteiger partial charge in [0.2, 0.25) is 0 Å². The van der Waals surface area contributed by atoms with Gasteiger partial charge in [-0.15, -0.1) is 11.3 Å². The first-order chi connectivity index (χ1) is 4.92. The zero-order chi connectivity index (χ0) is 6.97. The highest BCUT2D eigenvalue weighted by atomic mass is 32.1. The monoisotopic (exact) mass is 154 g/mol. The Hall–Kier alpha value is -0.870. The molecule has 0 fully saturated rings. The molecule has 0 aliphatic rings. The zero-order valence-electron chi connectivity index (χ0n) is 5.19. The number of thiazole rings is 1. The van der Waals surface area contributed by atoms with Crippen LogP contribution in [0.4, 0.5) is 0 Å². The highest BCUT2D eigenvalue weighted by molar-refractivity contribution is 7.15. The number of nitrogens with zero attached hydrogens (tertiary/aromatic N) is 2. The molecule has 0 aliphatic heterocycles. The predicted octanol–water partition coefficient (Wildman–Crippen LogP) is 0.888. The van der Waals surface area contributed by atoms with Crippen LogP contribution >= 0.6 is 11.3 Å². The highest BCUT2D eigenvalue weighted by Crippen LogP contribution is 2.11. The summed E-state index contributed by atoms with van der Waals surface area (Å²) in [6.07, 6.45) is 3.59. The Balaban J connectivity index is 2.76. The summed E-state index contributed by atoms with van der Waals surface area (Å²) in [6.45, 7) is 0.0535. The molecule has 2 heterocycles. The molecule has 2 rings (SSSR count). The standard InChI is InChI=1S/C6H6N2OS/c9-4-5-3-7-6-8(5)1-2-10-6/h1-3,9H,4H2. The minimum absolute atomic E-state index is 0.0535. The SMILES string of the molecule is OCc1cnc2sccn12. The van der Waals surface area contributed by atoms with Crippen molar-refractivity contribution >= 4 is 16.3 Å². The highest BCUT2D eigenvalue weighted by Gasteiger charge is 2.00. The summed E-state index contributed by atoms with van der Waals surface area (Å²) >= 11 is 1.56. The molecule has 3 nitrogen and oxygen atoms in total. The topological polar surface area (TPSA) is 37.5 Å². The molecule has 0 unspecified atom stereocenters. The summed E-state index contributed by atoms with van der Waals surface area (Å²) in [6, 6.07) is 0. The molecule has 4 heteroatoms. The summed E-state index contributed by atoms with van der Waals surface area (Å²) < 4.78 is 1.88. The molecule has 0 saturated heterocycles. The van der Waals surface area contributed by atoms with Crippen molar-refractivity contribution in [3.8, 4) is 0 Å². The van der Waals surface area contributed by atoms with Crippen LogP contribution in [0.1, 0.15) is 5.69 Å². The first kappa shape index (κ1) is 5.88. The number of hydrogen-bond acceptors (Lipinski definition) is 3. The minimum Gasteiger partial charge on any atom is -0.390 e. The van der Waals surface area contributed by atoms with Crippen molar-refractivity contribution in [1.82, 2.24) is 9.38 Å². The Morgan fingerprint density at radius 3 is 3.40 bits per heavy atom. The van der Waals surface area contributed by atoms with E-state index in [0.717, 1.165) is 10.7 Å². The predicted molar refractivity (Wildman–Crippen MR) is 39.0 cm³/mol. The smallest absolute Gasteiger partial charge is 0.193 e. The van der Waals surface area contributed by atoms with E-state index in [1.54, 1.807) is 17.5 Å². The Kier molecular flexibility index (Phi) is 1.22. The number of aromatic nitrogens is 2. The van der Waals surface area contributed by atoms with Gasteiger partial charge in [-0.3, -0.25) is 4.40 Å². The van der Waals surface area contributed by atoms with Gasteiger partial charge in [0.15, 0.2) is 4.96 Å². The van der Waals surface area contributed by atoms with Crippen molar-refractivity contribution in [3.05, 3.63) is 23.5 Å². The van der Waals surface area contributed by atoms with Crippen molar-refractivity contribution in [2.24, 2.45) is 0 Å². The third kappa shape index (κ3) is 0.661. The lowest BCUT2D eigenvalue weighted by Crippen LogP contribution is -1.86. The van der Waals surface area contributed by atoms with Gasteiger partial charge in [-0.1, -0.05) is 0 Å². The maximum absolute atomic E-state index is 8.79. The number of aliphatic hydroxyl groups excluding tert-OH is 1. The van der Waals surface area contributed by atoms with Gasteiger partial charge >= 0.3 is 0 Å². The van der Waals surface area contributed by atoms with E-state index in [-0.39, 0.29) is 6.61 Å². The van der Waals surface area contributed by atoms with Gasteiger partial charge in [-0.05, 0) is 0 Å². The Bertz CT molecular complexity index is 338. The molecule has 0 amide bonds. The Labute approximate surface area is 61.6 Å². The largest absolute Gasteiger partial charge is 0.390 e. The van der Waals surface area contributed by atoms with E-state index in [1.807, 2.05) is 16.0 Å². The average molecular weight is 154 g/mol. The van der Waals surface area contributed by atoms with E-state index in [0.29, 0.717) is 0 Å². The second kappa shape index (κ2) is 2.07. The molecule has 0 radical (unpaired) electrons. The maximum atomic E-state index is 8.79. The van der Waals surface area contributed by atoms with Crippen LogP contribution in [0.3, 0.4) is 0 Å². The van der Waals surface area contributed by atoms with E-state index in [9.17, 15) is 0 Å². The quantitative estimate of drug-likeness (QED) is 0.662. The number of hydrogen-bond donors (Lipinski definition) is 1. The zero-order valence-corrected chi connectivity index (χ0v) is 6.01. The van der Waals surface area contributed by atoms with Crippen LogP contribution in [0, 0.1) is 0 Å². The Morgan fingerprint density at radius 1 is 1.70 bits per heavy atom. The normalized spacial score (nSPS) is 10.9. The van der Waals surface area contributed by atoms with E-state index in [4.69, 9.17) is 5.11 Å². The second-order valence-corrected chi connectivity index (χ2v) is 2.84. The van der Waals surface area contributed by atoms with E-state index < -0.39 is 0 Å². The summed E-state index contributed by atoms with van der Waals surface area (Å²) in [5.41, 5.74) is 0.844. The Morgan fingerprint density at radius 2 is 2.60 bits per heavy atom. The fourth-order valence-electron chi connectivity index (χ4n) is 0.893. The summed E-state index contributed by atoms with van der Waals surface area (Å²) in [4.78, 5) is 5.01. The van der Waals surface area contributed by atoms with Crippen molar-refractivity contribution in [2.75, 3.05) is 0 Å². The molecule has 0 saturated carbocycles. The summed E-state index contributed by atoms with van der Waals surface area (Å²) in [7, 11) is 0. The van der Waals surface area contributed by atoms with Crippen LogP contribution in [0.25, 0.3) is 4.96 Å². The van der Waals surface area contributed by atoms with Gasteiger partial charge in [0.05, 0.1) is 18.5 Å². The second-order valence-electron chi connectivity index (χ2n) is 1.96. The molecule has 0 aromatic carbocycles. The molecule has 0 spiro atoms. The maximum Gasteiger partial charge on any atom is 0.193 e. The first-order valence-corrected chi connectivity index (χ1v) is 3.80. The summed E-state index contributed by atoms with van der Waals surface area (Å²) in [5.74, 6) is 0. The lowest BCUT2D eigenvalue weighted by molar-refractivity contribution is 0.276. The lowest BCUT2D eigenvalue weighted by Gasteiger charge is -1.87. The molecule has 10 heavy (non-hydrogen) atoms. The average Bonchev–Trinajstić information content (AvgIpc) is 2.44. The third-order valence-corrected chi connectivity index (χ3v) is 2.16. The third-order valence-electron chi connectivity index (χ3n) is 1.38. The number of imidazole rings is 1. The van der Waals surface area contributed by atoms with Gasteiger partial charge in [0.25, 0.3) is 0 Å². The minimum atomic E-state index is 0.0535. The van der Waals surface area contributed by atoms with Crippen LogP contribution in [0.15, 0.2) is 17.8 Å². The number of fused-ring (bicyclic) bond motifs is 1. The van der Waals surface area contributed by atoms with Crippen LogP contribution in [0.2, 0.25) is 0 Å². The van der Waals surface area contributed by atoms with Crippen LogP contribution in [0.5, 0.6) is 0 Å². The van der Waals surface area contributed by atoms with E-state index >= 15 is 0 Å². The van der Waals surface area contributed by atoms with Crippen molar-refractivity contribution in [1.29, 1.82) is 0 Å². The van der Waals surface area contributed by atoms with Crippen LogP contribution in [-0.2, 0) is 6.61 Å². The number of rotatable bonds is 1. The van der Waals surface area contributed by atoms with Crippen LogP contribution < -0.4 is 0 Å². The molecule has 0 atom stereocenters. The fourth-order valence-corrected chi connectivity index (χ4v) is 1.60. The van der Waals surface area contributed by atoms with E-state index in [2.05, 4.69) is 4.98 Å². The molecule has 0 bridgehead atoms. The molecule has 1 N–H and O–H groups in total. The van der Waals surface area contributed by atoms with Gasteiger partial charge in [0.1, 0.15) is 0 Å². The first-order valence-electron chi connectivity index (χ1n) is 2.92.